The van der Waals surface area contributed by atoms with Gasteiger partial charge in [0.15, 0.2) is 16.5 Å². The van der Waals surface area contributed by atoms with Crippen molar-refractivity contribution in [3.63, 3.8) is 0 Å². The van der Waals surface area contributed by atoms with Gasteiger partial charge in [0.2, 0.25) is 0 Å². The third kappa shape index (κ3) is 4.01. The molecular formula is C14H12BrF3N2O4S2. The molecule has 0 fully saturated rings. The number of anilines is 1. The highest BCUT2D eigenvalue weighted by molar-refractivity contribution is 9.10. The van der Waals surface area contributed by atoms with Gasteiger partial charge in [0, 0.05) is 11.4 Å². The Morgan fingerprint density at radius 2 is 1.88 bits per heavy atom. The number of ether oxygens (including phenoxy) is 1. The lowest BCUT2D eigenvalue weighted by atomic mass is 10.2. The molecule has 142 valence electrons. The van der Waals surface area contributed by atoms with Crippen molar-refractivity contribution < 1.29 is 31.1 Å². The maximum atomic E-state index is 14.3. The first-order chi connectivity index (χ1) is 11.9. The third-order valence-corrected chi connectivity index (χ3v) is 5.76. The SMILES string of the molecule is CC(C)(C)OC(=O)N(c1cscn1)S(=O)(=O)c1c(F)cc(F)c(Br)c1F. The predicted octanol–water partition coefficient (Wildman–Crippen LogP) is 4.45. The summed E-state index contributed by atoms with van der Waals surface area (Å²) in [5.41, 5.74) is 0.122. The minimum Gasteiger partial charge on any atom is -0.443 e. The van der Waals surface area contributed by atoms with Crippen LogP contribution in [0.2, 0.25) is 0 Å². The zero-order chi connectivity index (χ0) is 19.9. The van der Waals surface area contributed by atoms with E-state index < -0.39 is 54.4 Å². The number of carbonyl (C=O) groups excluding carboxylic acids is 1. The van der Waals surface area contributed by atoms with Crippen molar-refractivity contribution in [2.45, 2.75) is 31.3 Å². The number of aromatic nitrogens is 1. The summed E-state index contributed by atoms with van der Waals surface area (Å²) in [6.07, 6.45) is -1.41. The van der Waals surface area contributed by atoms with E-state index in [9.17, 15) is 26.4 Å². The zero-order valence-corrected chi connectivity index (χ0v) is 16.8. The van der Waals surface area contributed by atoms with Gasteiger partial charge in [-0.1, -0.05) is 0 Å². The molecular weight excluding hydrogens is 461 g/mol. The van der Waals surface area contributed by atoms with Crippen LogP contribution in [0.15, 0.2) is 26.3 Å². The van der Waals surface area contributed by atoms with Crippen LogP contribution in [-0.2, 0) is 14.8 Å². The van der Waals surface area contributed by atoms with Gasteiger partial charge in [0.25, 0.3) is 10.0 Å². The minimum atomic E-state index is -5.14. The Morgan fingerprint density at radius 3 is 2.38 bits per heavy atom. The average Bonchev–Trinajstić information content (AvgIpc) is 2.95. The molecule has 0 aliphatic carbocycles. The molecule has 6 nitrogen and oxygen atoms in total. The number of thiazole rings is 1. The molecule has 0 aliphatic rings. The third-order valence-electron chi connectivity index (χ3n) is 2.76. The summed E-state index contributed by atoms with van der Waals surface area (Å²) >= 11 is 3.46. The van der Waals surface area contributed by atoms with Crippen LogP contribution in [0.3, 0.4) is 0 Å². The van der Waals surface area contributed by atoms with E-state index >= 15 is 0 Å². The quantitative estimate of drug-likeness (QED) is 0.486. The second-order valence-electron chi connectivity index (χ2n) is 5.89. The van der Waals surface area contributed by atoms with Gasteiger partial charge >= 0.3 is 6.09 Å². The zero-order valence-electron chi connectivity index (χ0n) is 13.6. The van der Waals surface area contributed by atoms with E-state index in [1.807, 2.05) is 0 Å². The highest BCUT2D eigenvalue weighted by atomic mass is 79.9. The second kappa shape index (κ2) is 7.16. The van der Waals surface area contributed by atoms with Gasteiger partial charge in [-0.15, -0.1) is 15.6 Å². The smallest absolute Gasteiger partial charge is 0.430 e. The fraction of sp³-hybridized carbons (Fsp3) is 0.286. The van der Waals surface area contributed by atoms with Crippen LogP contribution >= 0.6 is 27.3 Å². The summed E-state index contributed by atoms with van der Waals surface area (Å²) in [5.74, 6) is -5.17. The molecule has 0 aliphatic heterocycles. The van der Waals surface area contributed by atoms with Crippen molar-refractivity contribution in [3.05, 3.63) is 38.9 Å². The summed E-state index contributed by atoms with van der Waals surface area (Å²) in [4.78, 5) is 14.6. The number of rotatable bonds is 3. The molecule has 2 aromatic rings. The highest BCUT2D eigenvalue weighted by Crippen LogP contribution is 2.33. The molecule has 0 bridgehead atoms. The number of carbonyl (C=O) groups is 1. The van der Waals surface area contributed by atoms with Gasteiger partial charge in [-0.3, -0.25) is 0 Å². The molecule has 0 atom stereocenters. The van der Waals surface area contributed by atoms with Crippen LogP contribution in [0.4, 0.5) is 23.8 Å². The van der Waals surface area contributed by atoms with Crippen molar-refractivity contribution in [1.29, 1.82) is 0 Å². The summed E-state index contributed by atoms with van der Waals surface area (Å²) in [6.45, 7) is 4.44. The van der Waals surface area contributed by atoms with Crippen LogP contribution in [0.25, 0.3) is 0 Å². The van der Waals surface area contributed by atoms with E-state index in [1.54, 1.807) is 0 Å². The van der Waals surface area contributed by atoms with Crippen molar-refractivity contribution in [2.24, 2.45) is 0 Å². The predicted molar refractivity (Wildman–Crippen MR) is 92.0 cm³/mol. The number of hydrogen-bond acceptors (Lipinski definition) is 6. The summed E-state index contributed by atoms with van der Waals surface area (Å²) in [7, 11) is -5.14. The van der Waals surface area contributed by atoms with Crippen LogP contribution in [-0.4, -0.2) is 25.1 Å². The number of amides is 1. The highest BCUT2D eigenvalue weighted by Gasteiger charge is 2.40. The van der Waals surface area contributed by atoms with E-state index in [1.165, 1.54) is 31.7 Å². The Hall–Kier alpha value is -1.66. The lowest BCUT2D eigenvalue weighted by Gasteiger charge is -2.26. The maximum absolute atomic E-state index is 14.3. The number of halogens is 4. The topological polar surface area (TPSA) is 76.6 Å². The van der Waals surface area contributed by atoms with Crippen molar-refractivity contribution in [1.82, 2.24) is 4.98 Å². The van der Waals surface area contributed by atoms with Crippen molar-refractivity contribution >= 4 is 49.2 Å². The Kier molecular flexibility index (Phi) is 5.69. The molecule has 0 saturated heterocycles. The number of sulfonamides is 1. The number of hydrogen-bond donors (Lipinski definition) is 0. The largest absolute Gasteiger partial charge is 0.443 e. The molecule has 1 aromatic carbocycles. The lowest BCUT2D eigenvalue weighted by molar-refractivity contribution is 0.0608. The average molecular weight is 473 g/mol. The van der Waals surface area contributed by atoms with Gasteiger partial charge in [0.05, 0.1) is 9.98 Å². The Bertz CT molecular complexity index is 944. The molecule has 0 unspecified atom stereocenters. The van der Waals surface area contributed by atoms with E-state index in [0.717, 1.165) is 11.3 Å². The number of benzene rings is 1. The fourth-order valence-electron chi connectivity index (χ4n) is 1.80. The van der Waals surface area contributed by atoms with Gasteiger partial charge < -0.3 is 4.74 Å². The van der Waals surface area contributed by atoms with Gasteiger partial charge in [-0.05, 0) is 36.7 Å². The molecule has 0 saturated carbocycles. The molecule has 1 aromatic heterocycles. The molecule has 26 heavy (non-hydrogen) atoms. The van der Waals surface area contributed by atoms with Crippen LogP contribution in [0, 0.1) is 17.5 Å². The molecule has 12 heteroatoms. The first-order valence-electron chi connectivity index (χ1n) is 6.85. The Labute approximate surface area is 159 Å². The number of nitrogens with zero attached hydrogens (tertiary/aromatic N) is 2. The summed E-state index contributed by atoms with van der Waals surface area (Å²) < 4.78 is 71.7. The summed E-state index contributed by atoms with van der Waals surface area (Å²) in [6, 6.07) is 0.189. The van der Waals surface area contributed by atoms with Crippen LogP contribution in [0.1, 0.15) is 20.8 Å². The molecule has 1 heterocycles. The van der Waals surface area contributed by atoms with Crippen LogP contribution < -0.4 is 4.31 Å². The normalized spacial score (nSPS) is 12.1. The van der Waals surface area contributed by atoms with E-state index in [0.29, 0.717) is 0 Å². The molecule has 2 rings (SSSR count). The van der Waals surface area contributed by atoms with Crippen molar-refractivity contribution in [3.8, 4) is 0 Å². The molecule has 0 radical (unpaired) electrons. The standard InChI is InChI=1S/C14H12BrF3N2O4S2/c1-14(2,3)24-13(21)20(9-5-25-6-19-9)26(22,23)12-8(17)4-7(16)10(15)11(12)18/h4-6H,1-3H3. The second-order valence-corrected chi connectivity index (χ2v) is 9.13. The first kappa shape index (κ1) is 20.6. The molecule has 0 spiro atoms. The lowest BCUT2D eigenvalue weighted by Crippen LogP contribution is -2.42. The van der Waals surface area contributed by atoms with Gasteiger partial charge in [-0.25, -0.2) is 31.4 Å². The Morgan fingerprint density at radius 1 is 1.27 bits per heavy atom. The summed E-state index contributed by atoms with van der Waals surface area (Å²) in [5, 5.41) is 1.18. The fourth-order valence-corrected chi connectivity index (χ4v) is 4.23. The first-order valence-corrected chi connectivity index (χ1v) is 10.0. The van der Waals surface area contributed by atoms with Gasteiger partial charge in [0.1, 0.15) is 17.2 Å². The molecule has 1 amide bonds. The van der Waals surface area contributed by atoms with Gasteiger partial charge in [-0.2, -0.15) is 0 Å². The Balaban J connectivity index is 2.69. The minimum absolute atomic E-state index is 0.0284. The van der Waals surface area contributed by atoms with E-state index in [4.69, 9.17) is 4.74 Å². The molecule has 0 N–H and O–H groups in total. The van der Waals surface area contributed by atoms with Crippen molar-refractivity contribution in [2.75, 3.05) is 4.31 Å². The van der Waals surface area contributed by atoms with Crippen LogP contribution in [0.5, 0.6) is 0 Å². The van der Waals surface area contributed by atoms with E-state index in [-0.39, 0.29) is 10.4 Å². The maximum Gasteiger partial charge on any atom is 0.430 e. The van der Waals surface area contributed by atoms with E-state index in [2.05, 4.69) is 20.9 Å². The monoisotopic (exact) mass is 472 g/mol.